The van der Waals surface area contributed by atoms with Crippen LogP contribution in [0.1, 0.15) is 0 Å². The summed E-state index contributed by atoms with van der Waals surface area (Å²) in [5, 5.41) is 14.5. The van der Waals surface area contributed by atoms with Crippen molar-refractivity contribution < 1.29 is 14.5 Å². The second kappa shape index (κ2) is 8.66. The number of carbonyl (C=O) groups excluding carboxylic acids is 1. The molecule has 0 aliphatic rings. The number of nitrogens with zero attached hydrogens (tertiary/aromatic N) is 2. The lowest BCUT2D eigenvalue weighted by atomic mass is 10.3. The molecule has 0 bridgehead atoms. The highest BCUT2D eigenvalue weighted by Gasteiger charge is 2.15. The Morgan fingerprint density at radius 1 is 1.07 bits per heavy atom. The summed E-state index contributed by atoms with van der Waals surface area (Å²) in [5.41, 5.74) is 2.29. The number of aromatic nitrogens is 2. The zero-order chi connectivity index (χ0) is 20.9. The summed E-state index contributed by atoms with van der Waals surface area (Å²) in [6.45, 7) is -0.333. The Bertz CT molecular complexity index is 1170. The molecule has 30 heavy (non-hydrogen) atoms. The number of aromatic amines is 1. The first-order valence-electron chi connectivity index (χ1n) is 8.97. The van der Waals surface area contributed by atoms with E-state index >= 15 is 0 Å². The molecule has 0 atom stereocenters. The van der Waals surface area contributed by atoms with E-state index in [1.165, 1.54) is 30.0 Å². The van der Waals surface area contributed by atoms with Crippen molar-refractivity contribution in [2.75, 3.05) is 11.9 Å². The third kappa shape index (κ3) is 4.58. The lowest BCUT2D eigenvalue weighted by molar-refractivity contribution is -0.385. The lowest BCUT2D eigenvalue weighted by Gasteiger charge is -2.08. The van der Waals surface area contributed by atoms with E-state index in [4.69, 9.17) is 4.74 Å². The van der Waals surface area contributed by atoms with E-state index in [1.54, 1.807) is 18.2 Å². The van der Waals surface area contributed by atoms with Crippen molar-refractivity contribution >= 4 is 40.1 Å². The van der Waals surface area contributed by atoms with Crippen LogP contribution < -0.4 is 10.1 Å². The van der Waals surface area contributed by atoms with Gasteiger partial charge in [-0.15, -0.1) is 0 Å². The van der Waals surface area contributed by atoms with Gasteiger partial charge in [-0.1, -0.05) is 36.0 Å². The van der Waals surface area contributed by atoms with Gasteiger partial charge in [-0.25, -0.2) is 4.98 Å². The number of amides is 1. The lowest BCUT2D eigenvalue weighted by Crippen LogP contribution is -2.20. The van der Waals surface area contributed by atoms with Crippen molar-refractivity contribution in [2.24, 2.45) is 0 Å². The number of ether oxygens (including phenoxy) is 1. The fourth-order valence-electron chi connectivity index (χ4n) is 2.77. The van der Waals surface area contributed by atoms with Crippen LogP contribution in [0.15, 0.2) is 82.8 Å². The molecule has 0 saturated heterocycles. The minimum Gasteiger partial charge on any atom is -0.477 e. The normalized spacial score (nSPS) is 10.7. The van der Waals surface area contributed by atoms with E-state index < -0.39 is 10.8 Å². The van der Waals surface area contributed by atoms with E-state index in [-0.39, 0.29) is 18.0 Å². The van der Waals surface area contributed by atoms with Crippen molar-refractivity contribution in [3.8, 4) is 5.75 Å². The number of hydrogen-bond donors (Lipinski definition) is 2. The number of benzene rings is 3. The molecule has 0 fully saturated rings. The number of nitrogens with one attached hydrogen (secondary N) is 2. The summed E-state index contributed by atoms with van der Waals surface area (Å²) >= 11 is 1.48. The average molecular weight is 420 g/mol. The third-order valence-corrected chi connectivity index (χ3v) is 5.04. The van der Waals surface area contributed by atoms with Gasteiger partial charge in [0.15, 0.2) is 17.5 Å². The first-order chi connectivity index (χ1) is 14.6. The van der Waals surface area contributed by atoms with Crippen LogP contribution in [0.3, 0.4) is 0 Å². The van der Waals surface area contributed by atoms with Gasteiger partial charge < -0.3 is 15.0 Å². The van der Waals surface area contributed by atoms with Crippen LogP contribution >= 0.6 is 11.8 Å². The van der Waals surface area contributed by atoms with Crippen LogP contribution in [-0.2, 0) is 4.79 Å². The highest BCUT2D eigenvalue weighted by Crippen LogP contribution is 2.28. The van der Waals surface area contributed by atoms with Crippen molar-refractivity contribution in [2.45, 2.75) is 10.1 Å². The number of H-pyrrole nitrogens is 1. The molecule has 0 aliphatic heterocycles. The Morgan fingerprint density at radius 2 is 1.80 bits per heavy atom. The molecule has 0 unspecified atom stereocenters. The molecule has 1 amide bonds. The van der Waals surface area contributed by atoms with Gasteiger partial charge in [-0.2, -0.15) is 0 Å². The highest BCUT2D eigenvalue weighted by atomic mass is 32.2. The zero-order valence-electron chi connectivity index (χ0n) is 15.6. The van der Waals surface area contributed by atoms with Crippen molar-refractivity contribution in [1.29, 1.82) is 0 Å². The fraction of sp³-hybridized carbons (Fsp3) is 0.0476. The number of nitro benzene ring substituents is 1. The number of hydrogen-bond acceptors (Lipinski definition) is 6. The van der Waals surface area contributed by atoms with E-state index in [1.807, 2.05) is 36.4 Å². The predicted molar refractivity (Wildman–Crippen MR) is 114 cm³/mol. The summed E-state index contributed by atoms with van der Waals surface area (Å²) in [7, 11) is 0. The van der Waals surface area contributed by atoms with Crippen molar-refractivity contribution in [1.82, 2.24) is 9.97 Å². The molecule has 0 radical (unpaired) electrons. The monoisotopic (exact) mass is 420 g/mol. The first-order valence-corrected chi connectivity index (χ1v) is 9.79. The Balaban J connectivity index is 1.34. The smallest absolute Gasteiger partial charge is 0.310 e. The molecular formula is C21H16N4O4S. The zero-order valence-corrected chi connectivity index (χ0v) is 16.4. The van der Waals surface area contributed by atoms with Crippen LogP contribution in [0.25, 0.3) is 11.0 Å². The second-order valence-electron chi connectivity index (χ2n) is 6.25. The molecule has 0 aliphatic carbocycles. The number of rotatable bonds is 7. The molecule has 8 nitrogen and oxygen atoms in total. The van der Waals surface area contributed by atoms with E-state index in [9.17, 15) is 14.9 Å². The maximum atomic E-state index is 12.1. The van der Waals surface area contributed by atoms with Gasteiger partial charge in [0.2, 0.25) is 0 Å². The SMILES string of the molecule is O=C(COc1ccccc1[N+](=O)[O-])Nc1ccc(Sc2nc3ccccc3[nH]2)cc1. The van der Waals surface area contributed by atoms with Crippen LogP contribution in [0.4, 0.5) is 11.4 Å². The van der Waals surface area contributed by atoms with E-state index in [0.29, 0.717) is 5.69 Å². The molecule has 4 rings (SSSR count). The maximum Gasteiger partial charge on any atom is 0.310 e. The second-order valence-corrected chi connectivity index (χ2v) is 7.31. The van der Waals surface area contributed by atoms with Crippen molar-refractivity contribution in [3.63, 3.8) is 0 Å². The van der Waals surface area contributed by atoms with Gasteiger partial charge in [0.25, 0.3) is 5.91 Å². The standard InChI is InChI=1S/C21H16N4O4S/c26-20(13-29-19-8-4-3-7-18(19)25(27)28)22-14-9-11-15(12-10-14)30-21-23-16-5-1-2-6-17(16)24-21/h1-12H,13H2,(H,22,26)(H,23,24). The molecule has 150 valence electrons. The first kappa shape index (κ1) is 19.5. The number of fused-ring (bicyclic) bond motifs is 1. The van der Waals surface area contributed by atoms with E-state index in [0.717, 1.165) is 21.1 Å². The van der Waals surface area contributed by atoms with Gasteiger partial charge in [0.05, 0.1) is 16.0 Å². The van der Waals surface area contributed by atoms with Crippen LogP contribution in [0.2, 0.25) is 0 Å². The molecule has 0 saturated carbocycles. The van der Waals surface area contributed by atoms with E-state index in [2.05, 4.69) is 15.3 Å². The van der Waals surface area contributed by atoms with Gasteiger partial charge in [-0.05, 0) is 42.5 Å². The van der Waals surface area contributed by atoms with Crippen molar-refractivity contribution in [3.05, 3.63) is 82.9 Å². The molecular weight excluding hydrogens is 404 g/mol. The average Bonchev–Trinajstić information content (AvgIpc) is 3.16. The number of carbonyl (C=O) groups is 1. The minimum absolute atomic E-state index is 0.0511. The molecule has 1 aromatic heterocycles. The summed E-state index contributed by atoms with van der Waals surface area (Å²) in [6.07, 6.45) is 0. The third-order valence-electron chi connectivity index (χ3n) is 4.14. The number of nitro groups is 1. The predicted octanol–water partition coefficient (Wildman–Crippen LogP) is 4.64. The fourth-order valence-corrected chi connectivity index (χ4v) is 3.57. The molecule has 9 heteroatoms. The summed E-state index contributed by atoms with van der Waals surface area (Å²) < 4.78 is 5.29. The van der Waals surface area contributed by atoms with Crippen LogP contribution in [0, 0.1) is 10.1 Å². The molecule has 3 aromatic carbocycles. The quantitative estimate of drug-likeness (QED) is 0.333. The van der Waals surface area contributed by atoms with Crippen LogP contribution in [-0.4, -0.2) is 27.4 Å². The summed E-state index contributed by atoms with van der Waals surface area (Å²) in [5.74, 6) is -0.360. The molecule has 0 spiro atoms. The largest absolute Gasteiger partial charge is 0.477 e. The van der Waals surface area contributed by atoms with Gasteiger partial charge >= 0.3 is 5.69 Å². The Kier molecular flexibility index (Phi) is 5.62. The van der Waals surface area contributed by atoms with Gasteiger partial charge in [-0.3, -0.25) is 14.9 Å². The highest BCUT2D eigenvalue weighted by molar-refractivity contribution is 7.99. The van der Waals surface area contributed by atoms with Crippen LogP contribution in [0.5, 0.6) is 5.75 Å². The van der Waals surface area contributed by atoms with Gasteiger partial charge in [0, 0.05) is 16.6 Å². The minimum atomic E-state index is -0.550. The Labute approximate surface area is 175 Å². The maximum absolute atomic E-state index is 12.1. The molecule has 2 N–H and O–H groups in total. The number of imidazole rings is 1. The number of para-hydroxylation sites is 4. The Morgan fingerprint density at radius 3 is 2.57 bits per heavy atom. The van der Waals surface area contributed by atoms with Gasteiger partial charge in [0.1, 0.15) is 0 Å². The summed E-state index contributed by atoms with van der Waals surface area (Å²) in [4.78, 5) is 31.3. The molecule has 4 aromatic rings. The Hall–Kier alpha value is -3.85. The number of anilines is 1. The summed E-state index contributed by atoms with van der Waals surface area (Å²) in [6, 6.07) is 21.0. The topological polar surface area (TPSA) is 110 Å². The molecule has 1 heterocycles.